The van der Waals surface area contributed by atoms with Crippen LogP contribution in [0.4, 0.5) is 9.18 Å². The van der Waals surface area contributed by atoms with Crippen LogP contribution in [0.15, 0.2) is 54.7 Å². The van der Waals surface area contributed by atoms with Gasteiger partial charge >= 0.3 is 6.16 Å². The van der Waals surface area contributed by atoms with E-state index in [0.717, 1.165) is 18.4 Å². The van der Waals surface area contributed by atoms with Gasteiger partial charge in [0.15, 0.2) is 11.5 Å². The number of benzene rings is 2. The van der Waals surface area contributed by atoms with Gasteiger partial charge in [-0.05, 0) is 54.7 Å². The Balaban J connectivity index is 0.000000636. The zero-order chi connectivity index (χ0) is 24.1. The second-order valence-corrected chi connectivity index (χ2v) is 7.56. The minimum absolute atomic E-state index is 0.0774. The number of nitrogens with one attached hydrogen (secondary N) is 1. The molecule has 1 fully saturated rings. The topological polar surface area (TPSA) is 127 Å². The molecule has 1 aromatic heterocycles. The molecule has 2 aromatic carbocycles. The van der Waals surface area contributed by atoms with Crippen LogP contribution in [-0.4, -0.2) is 34.1 Å². The molecule has 176 valence electrons. The molecule has 2 heterocycles. The second kappa shape index (κ2) is 10.1. The van der Waals surface area contributed by atoms with Gasteiger partial charge in [-0.2, -0.15) is 0 Å². The van der Waals surface area contributed by atoms with E-state index in [-0.39, 0.29) is 30.6 Å². The van der Waals surface area contributed by atoms with E-state index in [2.05, 4.69) is 10.3 Å². The third kappa shape index (κ3) is 5.71. The first-order valence-corrected chi connectivity index (χ1v) is 10.4. The summed E-state index contributed by atoms with van der Waals surface area (Å²) in [6, 6.07) is 13.6. The first-order chi connectivity index (χ1) is 16.4. The number of nitrogens with zero attached hydrogens (tertiary/aromatic N) is 1. The molecule has 1 aliphatic heterocycles. The van der Waals surface area contributed by atoms with Crippen molar-refractivity contribution in [3.05, 3.63) is 77.2 Å². The van der Waals surface area contributed by atoms with Gasteiger partial charge in [0.1, 0.15) is 17.1 Å². The van der Waals surface area contributed by atoms with E-state index in [1.807, 2.05) is 6.07 Å². The molecule has 34 heavy (non-hydrogen) atoms. The van der Waals surface area contributed by atoms with Gasteiger partial charge in [-0.1, -0.05) is 12.1 Å². The summed E-state index contributed by atoms with van der Waals surface area (Å²) >= 11 is 0. The van der Waals surface area contributed by atoms with Crippen LogP contribution in [0.3, 0.4) is 0 Å². The molecule has 0 bridgehead atoms. The van der Waals surface area contributed by atoms with Crippen LogP contribution in [0.1, 0.15) is 40.2 Å². The zero-order valence-electron chi connectivity index (χ0n) is 17.9. The summed E-state index contributed by atoms with van der Waals surface area (Å²) in [6.07, 6.45) is 1.93. The van der Waals surface area contributed by atoms with Gasteiger partial charge < -0.3 is 29.7 Å². The summed E-state index contributed by atoms with van der Waals surface area (Å²) in [5, 5.41) is 16.7. The molecule has 5 rings (SSSR count). The predicted octanol–water partition coefficient (Wildman–Crippen LogP) is 4.77. The molecule has 0 saturated heterocycles. The fourth-order valence-electron chi connectivity index (χ4n) is 3.35. The van der Waals surface area contributed by atoms with Crippen molar-refractivity contribution in [3.63, 3.8) is 0 Å². The molecule has 0 atom stereocenters. The summed E-state index contributed by atoms with van der Waals surface area (Å²) in [7, 11) is 0. The minimum atomic E-state index is -1.83. The van der Waals surface area contributed by atoms with Crippen molar-refractivity contribution in [2.24, 2.45) is 0 Å². The third-order valence-electron chi connectivity index (χ3n) is 5.14. The van der Waals surface area contributed by atoms with Crippen LogP contribution in [-0.2, 0) is 6.54 Å². The summed E-state index contributed by atoms with van der Waals surface area (Å²) in [5.74, 6) is 1.60. The Kier molecular flexibility index (Phi) is 6.77. The molecule has 0 spiro atoms. The maximum Gasteiger partial charge on any atom is 0.503 e. The first-order valence-electron chi connectivity index (χ1n) is 10.4. The number of halogens is 1. The van der Waals surface area contributed by atoms with Gasteiger partial charge in [-0.15, -0.1) is 0 Å². The lowest BCUT2D eigenvalue weighted by molar-refractivity contribution is 0.0947. The van der Waals surface area contributed by atoms with Crippen LogP contribution in [0.25, 0.3) is 0 Å². The highest BCUT2D eigenvalue weighted by molar-refractivity contribution is 5.96. The van der Waals surface area contributed by atoms with Gasteiger partial charge in [0.2, 0.25) is 12.7 Å². The van der Waals surface area contributed by atoms with Gasteiger partial charge in [0.05, 0.1) is 0 Å². The molecule has 1 aliphatic carbocycles. The van der Waals surface area contributed by atoms with E-state index >= 15 is 0 Å². The van der Waals surface area contributed by atoms with Crippen LogP contribution in [0.2, 0.25) is 0 Å². The number of aromatic nitrogens is 1. The molecule has 1 amide bonds. The number of carbonyl (C=O) groups excluding carboxylic acids is 1. The van der Waals surface area contributed by atoms with Crippen LogP contribution < -0.4 is 19.5 Å². The number of carboxylic acid groups (broad SMARTS) is 2. The summed E-state index contributed by atoms with van der Waals surface area (Å²) in [6.45, 7) is 0.238. The molecular formula is C24H21FN2O7. The fraction of sp³-hybridized carbons (Fsp3) is 0.208. The van der Waals surface area contributed by atoms with E-state index in [1.165, 1.54) is 6.20 Å². The number of amides is 1. The highest BCUT2D eigenvalue weighted by Crippen LogP contribution is 2.40. The van der Waals surface area contributed by atoms with E-state index < -0.39 is 12.1 Å². The summed E-state index contributed by atoms with van der Waals surface area (Å²) in [4.78, 5) is 25.4. The average Bonchev–Trinajstić information content (AvgIpc) is 3.55. The molecule has 2 aliphatic rings. The Morgan fingerprint density at radius 2 is 1.85 bits per heavy atom. The van der Waals surface area contributed by atoms with Crippen LogP contribution in [0.5, 0.6) is 23.1 Å². The van der Waals surface area contributed by atoms with Crippen molar-refractivity contribution >= 4 is 12.1 Å². The second-order valence-electron chi connectivity index (χ2n) is 7.56. The van der Waals surface area contributed by atoms with E-state index in [1.54, 1.807) is 42.5 Å². The Morgan fingerprint density at radius 3 is 2.59 bits per heavy atom. The number of pyridine rings is 1. The van der Waals surface area contributed by atoms with Crippen molar-refractivity contribution in [2.75, 3.05) is 6.79 Å². The molecular weight excluding hydrogens is 447 g/mol. The lowest BCUT2D eigenvalue weighted by Crippen LogP contribution is -2.24. The molecule has 3 N–H and O–H groups in total. The Hall–Kier alpha value is -4.34. The summed E-state index contributed by atoms with van der Waals surface area (Å²) < 4.78 is 30.8. The van der Waals surface area contributed by atoms with Crippen molar-refractivity contribution in [1.82, 2.24) is 10.3 Å². The minimum Gasteiger partial charge on any atom is -0.454 e. The number of ether oxygens (including phenoxy) is 3. The molecule has 9 nitrogen and oxygen atoms in total. The van der Waals surface area contributed by atoms with Gasteiger partial charge in [-0.25, -0.2) is 14.2 Å². The maximum absolute atomic E-state index is 14.4. The van der Waals surface area contributed by atoms with E-state index in [0.29, 0.717) is 28.7 Å². The van der Waals surface area contributed by atoms with Crippen molar-refractivity contribution in [2.45, 2.75) is 25.3 Å². The van der Waals surface area contributed by atoms with Crippen LogP contribution in [0, 0.1) is 5.82 Å². The largest absolute Gasteiger partial charge is 0.503 e. The number of fused-ring (bicyclic) bond motifs is 1. The van der Waals surface area contributed by atoms with Gasteiger partial charge in [0.25, 0.3) is 5.91 Å². The van der Waals surface area contributed by atoms with Gasteiger partial charge in [-0.3, -0.25) is 4.79 Å². The van der Waals surface area contributed by atoms with E-state index in [9.17, 15) is 9.18 Å². The highest BCUT2D eigenvalue weighted by atomic mass is 19.1. The fourth-order valence-corrected chi connectivity index (χ4v) is 3.35. The maximum atomic E-state index is 14.4. The Bertz CT molecular complexity index is 1210. The van der Waals surface area contributed by atoms with Crippen LogP contribution >= 0.6 is 0 Å². The Labute approximate surface area is 193 Å². The van der Waals surface area contributed by atoms with Crippen molar-refractivity contribution in [3.8, 4) is 23.1 Å². The predicted molar refractivity (Wildman–Crippen MR) is 117 cm³/mol. The smallest absolute Gasteiger partial charge is 0.454 e. The van der Waals surface area contributed by atoms with E-state index in [4.69, 9.17) is 29.2 Å². The van der Waals surface area contributed by atoms with Crippen molar-refractivity contribution in [1.29, 1.82) is 0 Å². The first kappa shape index (κ1) is 22.8. The lowest BCUT2D eigenvalue weighted by Gasteiger charge is -2.11. The number of hydrogen-bond donors (Lipinski definition) is 3. The Morgan fingerprint density at radius 1 is 1.09 bits per heavy atom. The number of hydrogen-bond acceptors (Lipinski definition) is 6. The summed E-state index contributed by atoms with van der Waals surface area (Å²) in [5.41, 5.74) is 1.72. The molecule has 1 saturated carbocycles. The molecule has 0 unspecified atom stereocenters. The zero-order valence-corrected chi connectivity index (χ0v) is 17.9. The molecule has 10 heteroatoms. The standard InChI is InChI=1S/C23H19FN2O4.CH2O3/c24-19-10-15(14-3-4-14)5-6-16(19)12-26-22(27)18-2-1-9-25-23(18)30-17-7-8-20-21(11-17)29-13-28-20;2-1(3)4/h1-2,5-11,14H,3-4,12-13H2,(H,26,27);(H2,2,3,4). The number of carbonyl (C=O) groups is 2. The van der Waals surface area contributed by atoms with Crippen molar-refractivity contribution < 1.29 is 38.4 Å². The SMILES string of the molecule is O=C(NCc1ccc(C2CC2)cc1F)c1cccnc1Oc1ccc2c(c1)OCO2.O=C(O)O. The quantitative estimate of drug-likeness (QED) is 0.472. The monoisotopic (exact) mass is 468 g/mol. The highest BCUT2D eigenvalue weighted by Gasteiger charge is 2.24. The number of rotatable bonds is 6. The normalized spacial score (nSPS) is 13.4. The molecule has 3 aromatic rings. The average molecular weight is 468 g/mol. The lowest BCUT2D eigenvalue weighted by atomic mass is 10.1. The van der Waals surface area contributed by atoms with Gasteiger partial charge in [0, 0.05) is 24.4 Å². The molecule has 0 radical (unpaired) electrons. The third-order valence-corrected chi connectivity index (χ3v) is 5.14.